The number of rotatable bonds is 4. The maximum atomic E-state index is 13.0. The van der Waals surface area contributed by atoms with Gasteiger partial charge in [0, 0.05) is 5.39 Å². The van der Waals surface area contributed by atoms with Gasteiger partial charge in [-0.05, 0) is 36.8 Å². The Hall–Kier alpha value is -2.99. The van der Waals surface area contributed by atoms with Crippen molar-refractivity contribution in [3.63, 3.8) is 0 Å². The van der Waals surface area contributed by atoms with Gasteiger partial charge in [0.2, 0.25) is 0 Å². The third-order valence-electron chi connectivity index (χ3n) is 3.93. The third-order valence-corrected chi connectivity index (χ3v) is 3.93. The zero-order chi connectivity index (χ0) is 18.0. The van der Waals surface area contributed by atoms with Crippen LogP contribution in [-0.4, -0.2) is 17.1 Å². The minimum absolute atomic E-state index is 0.142. The summed E-state index contributed by atoms with van der Waals surface area (Å²) < 4.78 is 18.1. The monoisotopic (exact) mass is 341 g/mol. The van der Waals surface area contributed by atoms with E-state index in [2.05, 4.69) is 5.32 Å². The van der Waals surface area contributed by atoms with Gasteiger partial charge in [0.05, 0.1) is 12.1 Å². The van der Waals surface area contributed by atoms with E-state index in [-0.39, 0.29) is 5.56 Å². The largest absolute Gasteiger partial charge is 0.422 e. The maximum absolute atomic E-state index is 13.0. The fourth-order valence-corrected chi connectivity index (χ4v) is 2.53. The number of carbonyl (C=O) groups excluding carboxylic acids is 1. The number of aliphatic hydroxyl groups excluding tert-OH is 1. The fraction of sp³-hybridized carbons (Fsp3) is 0.158. The average Bonchev–Trinajstić information content (AvgIpc) is 2.61. The van der Waals surface area contributed by atoms with Gasteiger partial charge in [0.25, 0.3) is 5.91 Å². The van der Waals surface area contributed by atoms with Crippen LogP contribution in [0.15, 0.2) is 63.8 Å². The lowest BCUT2D eigenvalue weighted by atomic mass is 10.0. The van der Waals surface area contributed by atoms with Gasteiger partial charge in [-0.25, -0.2) is 9.18 Å². The van der Waals surface area contributed by atoms with Crippen LogP contribution in [0.5, 0.6) is 0 Å². The maximum Gasteiger partial charge on any atom is 0.349 e. The average molecular weight is 341 g/mol. The molecule has 0 aliphatic carbocycles. The van der Waals surface area contributed by atoms with Crippen molar-refractivity contribution >= 4 is 16.9 Å². The molecular formula is C19H16FNO4. The van der Waals surface area contributed by atoms with Gasteiger partial charge in [-0.15, -0.1) is 0 Å². The first-order chi connectivity index (χ1) is 12.0. The molecule has 6 heteroatoms. The van der Waals surface area contributed by atoms with Crippen molar-refractivity contribution in [1.29, 1.82) is 0 Å². The summed E-state index contributed by atoms with van der Waals surface area (Å²) in [6.45, 7) is 1.59. The normalized spacial score (nSPS) is 13.4. The minimum atomic E-state index is -1.04. The molecule has 0 saturated heterocycles. The lowest BCUT2D eigenvalue weighted by molar-refractivity contribution is 0.0848. The molecule has 5 nitrogen and oxygen atoms in total. The van der Waals surface area contributed by atoms with Crippen LogP contribution < -0.4 is 10.9 Å². The Morgan fingerprint density at radius 3 is 2.56 bits per heavy atom. The molecule has 1 aromatic heterocycles. The quantitative estimate of drug-likeness (QED) is 0.715. The predicted octanol–water partition coefficient (Wildman–Crippen LogP) is 2.78. The first-order valence-electron chi connectivity index (χ1n) is 7.73. The number of carbonyl (C=O) groups is 1. The lowest BCUT2D eigenvalue weighted by Crippen LogP contribution is -2.38. The number of hydrogen-bond acceptors (Lipinski definition) is 4. The Morgan fingerprint density at radius 1 is 1.16 bits per heavy atom. The van der Waals surface area contributed by atoms with Gasteiger partial charge in [-0.2, -0.15) is 0 Å². The molecule has 1 heterocycles. The van der Waals surface area contributed by atoms with Crippen molar-refractivity contribution in [2.24, 2.45) is 0 Å². The molecule has 128 valence electrons. The van der Waals surface area contributed by atoms with Crippen molar-refractivity contribution in [3.05, 3.63) is 82.0 Å². The van der Waals surface area contributed by atoms with E-state index in [4.69, 9.17) is 4.42 Å². The number of amides is 1. The number of fused-ring (bicyclic) bond motifs is 1. The predicted molar refractivity (Wildman–Crippen MR) is 90.8 cm³/mol. The van der Waals surface area contributed by atoms with E-state index in [1.54, 1.807) is 31.2 Å². The number of para-hydroxylation sites is 1. The standard InChI is InChI=1S/C19H16FNO4/c1-11(17(22)12-6-8-14(20)9-7-12)21-18(23)15-10-13-4-2-3-5-16(13)25-19(15)24/h2-11,17,22H,1H3,(H,21,23)/t11-,17-/m0/s1. The van der Waals surface area contributed by atoms with Crippen molar-refractivity contribution in [3.8, 4) is 0 Å². The molecular weight excluding hydrogens is 325 g/mol. The van der Waals surface area contributed by atoms with Crippen molar-refractivity contribution in [1.82, 2.24) is 5.32 Å². The zero-order valence-electron chi connectivity index (χ0n) is 13.4. The molecule has 2 aromatic carbocycles. The number of aliphatic hydroxyl groups is 1. The van der Waals surface area contributed by atoms with E-state index in [1.807, 2.05) is 0 Å². The Morgan fingerprint density at radius 2 is 1.84 bits per heavy atom. The molecule has 1 amide bonds. The number of hydrogen-bond donors (Lipinski definition) is 2. The van der Waals surface area contributed by atoms with Crippen LogP contribution in [0.4, 0.5) is 4.39 Å². The highest BCUT2D eigenvalue weighted by Crippen LogP contribution is 2.18. The van der Waals surface area contributed by atoms with E-state index < -0.39 is 29.5 Å². The zero-order valence-corrected chi connectivity index (χ0v) is 13.4. The minimum Gasteiger partial charge on any atom is -0.422 e. The summed E-state index contributed by atoms with van der Waals surface area (Å²) >= 11 is 0. The summed E-state index contributed by atoms with van der Waals surface area (Å²) in [6.07, 6.45) is -1.04. The molecule has 0 radical (unpaired) electrons. The van der Waals surface area contributed by atoms with Gasteiger partial charge in [-0.3, -0.25) is 4.79 Å². The second-order valence-electron chi connectivity index (χ2n) is 5.74. The Labute approximate surface area is 142 Å². The van der Waals surface area contributed by atoms with E-state index in [9.17, 15) is 19.1 Å². The number of nitrogens with one attached hydrogen (secondary N) is 1. The Kier molecular flexibility index (Phi) is 4.63. The van der Waals surface area contributed by atoms with E-state index in [0.29, 0.717) is 16.5 Å². The van der Waals surface area contributed by atoms with Crippen LogP contribution in [-0.2, 0) is 0 Å². The van der Waals surface area contributed by atoms with Crippen LogP contribution in [0.3, 0.4) is 0 Å². The van der Waals surface area contributed by atoms with Gasteiger partial charge >= 0.3 is 5.63 Å². The second kappa shape index (κ2) is 6.86. The topological polar surface area (TPSA) is 79.5 Å². The van der Waals surface area contributed by atoms with Gasteiger partial charge < -0.3 is 14.8 Å². The third kappa shape index (κ3) is 3.59. The molecule has 2 atom stereocenters. The smallest absolute Gasteiger partial charge is 0.349 e. The summed E-state index contributed by atoms with van der Waals surface area (Å²) in [5.74, 6) is -1.06. The summed E-state index contributed by atoms with van der Waals surface area (Å²) in [5, 5.41) is 13.5. The molecule has 2 N–H and O–H groups in total. The molecule has 0 saturated carbocycles. The lowest BCUT2D eigenvalue weighted by Gasteiger charge is -2.20. The second-order valence-corrected chi connectivity index (χ2v) is 5.74. The SMILES string of the molecule is C[C@H](NC(=O)c1cc2ccccc2oc1=O)[C@H](O)c1ccc(F)cc1. The van der Waals surface area contributed by atoms with Crippen LogP contribution in [0.2, 0.25) is 0 Å². The molecule has 3 aromatic rings. The van der Waals surface area contributed by atoms with E-state index in [1.165, 1.54) is 30.3 Å². The van der Waals surface area contributed by atoms with Crippen LogP contribution >= 0.6 is 0 Å². The van der Waals surface area contributed by atoms with Crippen molar-refractivity contribution in [2.45, 2.75) is 19.1 Å². The number of halogens is 1. The van der Waals surface area contributed by atoms with Crippen LogP contribution in [0.25, 0.3) is 11.0 Å². The van der Waals surface area contributed by atoms with Gasteiger partial charge in [0.15, 0.2) is 0 Å². The summed E-state index contributed by atoms with van der Waals surface area (Å²) in [5.41, 5.74) is -0.0419. The van der Waals surface area contributed by atoms with Crippen LogP contribution in [0, 0.1) is 5.82 Å². The summed E-state index contributed by atoms with van der Waals surface area (Å²) in [7, 11) is 0. The fourth-order valence-electron chi connectivity index (χ4n) is 2.53. The summed E-state index contributed by atoms with van der Waals surface area (Å²) in [4.78, 5) is 24.4. The van der Waals surface area contributed by atoms with Gasteiger partial charge in [-0.1, -0.05) is 30.3 Å². The molecule has 0 fully saturated rings. The first kappa shape index (κ1) is 16.9. The highest BCUT2D eigenvalue weighted by atomic mass is 19.1. The molecule has 0 unspecified atom stereocenters. The highest BCUT2D eigenvalue weighted by molar-refractivity contribution is 5.96. The molecule has 0 spiro atoms. The van der Waals surface area contributed by atoms with Crippen molar-refractivity contribution < 1.29 is 18.7 Å². The van der Waals surface area contributed by atoms with Crippen molar-refractivity contribution in [2.75, 3.05) is 0 Å². The first-order valence-corrected chi connectivity index (χ1v) is 7.73. The molecule has 0 aliphatic rings. The highest BCUT2D eigenvalue weighted by Gasteiger charge is 2.21. The van der Waals surface area contributed by atoms with E-state index >= 15 is 0 Å². The number of benzene rings is 2. The molecule has 0 bridgehead atoms. The summed E-state index contributed by atoms with van der Waals surface area (Å²) in [6, 6.07) is 13.0. The van der Waals surface area contributed by atoms with E-state index in [0.717, 1.165) is 0 Å². The Balaban J connectivity index is 1.80. The Bertz CT molecular complexity index is 965. The molecule has 3 rings (SSSR count). The molecule has 25 heavy (non-hydrogen) atoms. The van der Waals surface area contributed by atoms with Gasteiger partial charge in [0.1, 0.15) is 17.0 Å². The van der Waals surface area contributed by atoms with Crippen LogP contribution in [0.1, 0.15) is 28.9 Å². The molecule has 0 aliphatic heterocycles.